The standard InChI is InChI=1S/C13H12N2O2/c16-13(15-12-4-2-1-3-5-12)17-10-11-6-8-14-9-7-11/h1-9H,10H2,(H,15,16). The number of ether oxygens (including phenoxy) is 1. The second-order valence-electron chi connectivity index (χ2n) is 3.42. The summed E-state index contributed by atoms with van der Waals surface area (Å²) in [6, 6.07) is 12.8. The van der Waals surface area contributed by atoms with Crippen molar-refractivity contribution in [2.45, 2.75) is 6.61 Å². The Kier molecular flexibility index (Phi) is 3.70. The van der Waals surface area contributed by atoms with E-state index in [0.717, 1.165) is 5.56 Å². The number of carbonyl (C=O) groups is 1. The van der Waals surface area contributed by atoms with Crippen molar-refractivity contribution in [1.82, 2.24) is 4.98 Å². The minimum absolute atomic E-state index is 0.237. The maximum Gasteiger partial charge on any atom is 0.411 e. The van der Waals surface area contributed by atoms with E-state index in [1.54, 1.807) is 36.7 Å². The van der Waals surface area contributed by atoms with Gasteiger partial charge in [0, 0.05) is 18.1 Å². The van der Waals surface area contributed by atoms with Crippen molar-refractivity contribution in [2.75, 3.05) is 5.32 Å². The maximum absolute atomic E-state index is 11.4. The lowest BCUT2D eigenvalue weighted by Crippen LogP contribution is -2.13. The van der Waals surface area contributed by atoms with Gasteiger partial charge in [-0.2, -0.15) is 0 Å². The minimum atomic E-state index is -0.465. The highest BCUT2D eigenvalue weighted by Crippen LogP contribution is 2.06. The molecule has 0 aliphatic rings. The third kappa shape index (κ3) is 3.61. The van der Waals surface area contributed by atoms with Gasteiger partial charge in [-0.3, -0.25) is 10.3 Å². The fourth-order valence-corrected chi connectivity index (χ4v) is 1.30. The zero-order valence-corrected chi connectivity index (χ0v) is 9.17. The van der Waals surface area contributed by atoms with Crippen LogP contribution in [0.3, 0.4) is 0 Å². The molecular weight excluding hydrogens is 216 g/mol. The molecule has 0 saturated heterocycles. The topological polar surface area (TPSA) is 51.2 Å². The summed E-state index contributed by atoms with van der Waals surface area (Å²) in [5.74, 6) is 0. The predicted octanol–water partition coefficient (Wildman–Crippen LogP) is 2.83. The van der Waals surface area contributed by atoms with E-state index < -0.39 is 6.09 Å². The molecule has 0 saturated carbocycles. The first-order valence-corrected chi connectivity index (χ1v) is 5.22. The summed E-state index contributed by atoms with van der Waals surface area (Å²) in [6.45, 7) is 0.237. The number of nitrogens with zero attached hydrogens (tertiary/aromatic N) is 1. The van der Waals surface area contributed by atoms with Crippen LogP contribution in [-0.4, -0.2) is 11.1 Å². The first-order chi connectivity index (χ1) is 8.34. The molecule has 4 nitrogen and oxygen atoms in total. The number of para-hydroxylation sites is 1. The predicted molar refractivity (Wildman–Crippen MR) is 64.5 cm³/mol. The van der Waals surface area contributed by atoms with Gasteiger partial charge < -0.3 is 4.74 Å². The number of benzene rings is 1. The number of amides is 1. The number of pyridine rings is 1. The van der Waals surface area contributed by atoms with Gasteiger partial charge in [-0.1, -0.05) is 18.2 Å². The third-order valence-corrected chi connectivity index (χ3v) is 2.14. The molecule has 17 heavy (non-hydrogen) atoms. The molecule has 0 unspecified atom stereocenters. The first kappa shape index (κ1) is 11.1. The Hall–Kier alpha value is -2.36. The highest BCUT2D eigenvalue weighted by Gasteiger charge is 2.02. The minimum Gasteiger partial charge on any atom is -0.444 e. The molecule has 0 fully saturated rings. The maximum atomic E-state index is 11.4. The van der Waals surface area contributed by atoms with Gasteiger partial charge in [0.15, 0.2) is 0 Å². The van der Waals surface area contributed by atoms with E-state index in [2.05, 4.69) is 10.3 Å². The average Bonchev–Trinajstić information content (AvgIpc) is 2.39. The van der Waals surface area contributed by atoms with Crippen molar-refractivity contribution in [2.24, 2.45) is 0 Å². The lowest BCUT2D eigenvalue weighted by atomic mass is 10.3. The Balaban J connectivity index is 1.83. The molecule has 2 rings (SSSR count). The summed E-state index contributed by atoms with van der Waals surface area (Å²) >= 11 is 0. The van der Waals surface area contributed by atoms with Gasteiger partial charge in [0.2, 0.25) is 0 Å². The molecule has 1 amide bonds. The number of aromatic nitrogens is 1. The normalized spacial score (nSPS) is 9.65. The molecule has 4 heteroatoms. The molecule has 0 spiro atoms. The highest BCUT2D eigenvalue weighted by atomic mass is 16.5. The SMILES string of the molecule is O=C(Nc1ccccc1)OCc1ccncc1. The molecule has 1 N–H and O–H groups in total. The lowest BCUT2D eigenvalue weighted by molar-refractivity contribution is 0.155. The van der Waals surface area contributed by atoms with Gasteiger partial charge in [0.1, 0.15) is 6.61 Å². The second-order valence-corrected chi connectivity index (χ2v) is 3.42. The van der Waals surface area contributed by atoms with Crippen molar-refractivity contribution in [3.8, 4) is 0 Å². The van der Waals surface area contributed by atoms with Crippen LogP contribution in [0.1, 0.15) is 5.56 Å². The molecule has 86 valence electrons. The van der Waals surface area contributed by atoms with Gasteiger partial charge in [0.25, 0.3) is 0 Å². The largest absolute Gasteiger partial charge is 0.444 e. The van der Waals surface area contributed by atoms with E-state index in [4.69, 9.17) is 4.74 Å². The van der Waals surface area contributed by atoms with Crippen LogP contribution in [-0.2, 0) is 11.3 Å². The third-order valence-electron chi connectivity index (χ3n) is 2.14. The lowest BCUT2D eigenvalue weighted by Gasteiger charge is -2.06. The van der Waals surface area contributed by atoms with Crippen molar-refractivity contribution in [1.29, 1.82) is 0 Å². The Labute approximate surface area is 99.3 Å². The summed E-state index contributed by atoms with van der Waals surface area (Å²) < 4.78 is 5.05. The summed E-state index contributed by atoms with van der Waals surface area (Å²) in [6.07, 6.45) is 2.86. The van der Waals surface area contributed by atoms with E-state index >= 15 is 0 Å². The molecule has 0 aliphatic heterocycles. The molecule has 1 aromatic heterocycles. The summed E-state index contributed by atoms with van der Waals surface area (Å²) in [5.41, 5.74) is 1.62. The number of anilines is 1. The van der Waals surface area contributed by atoms with Crippen molar-refractivity contribution in [3.05, 3.63) is 60.4 Å². The smallest absolute Gasteiger partial charge is 0.411 e. The average molecular weight is 228 g/mol. The monoisotopic (exact) mass is 228 g/mol. The van der Waals surface area contributed by atoms with E-state index in [0.29, 0.717) is 5.69 Å². The molecule has 1 aromatic carbocycles. The van der Waals surface area contributed by atoms with Crippen LogP contribution in [0.25, 0.3) is 0 Å². The van der Waals surface area contributed by atoms with Gasteiger partial charge in [0.05, 0.1) is 0 Å². The van der Waals surface area contributed by atoms with Gasteiger partial charge in [-0.15, -0.1) is 0 Å². The number of hydrogen-bond donors (Lipinski definition) is 1. The molecular formula is C13H12N2O2. The molecule has 2 aromatic rings. The first-order valence-electron chi connectivity index (χ1n) is 5.22. The number of hydrogen-bond acceptors (Lipinski definition) is 3. The summed E-state index contributed by atoms with van der Waals surface area (Å²) in [4.78, 5) is 15.3. The van der Waals surface area contributed by atoms with Crippen LogP contribution in [0, 0.1) is 0 Å². The van der Waals surface area contributed by atoms with Gasteiger partial charge in [-0.05, 0) is 29.8 Å². The Morgan fingerprint density at radius 1 is 1.12 bits per heavy atom. The molecule has 0 bridgehead atoms. The zero-order chi connectivity index (χ0) is 11.9. The van der Waals surface area contributed by atoms with Crippen LogP contribution in [0.5, 0.6) is 0 Å². The fourth-order valence-electron chi connectivity index (χ4n) is 1.30. The number of rotatable bonds is 3. The van der Waals surface area contributed by atoms with E-state index in [-0.39, 0.29) is 6.61 Å². The van der Waals surface area contributed by atoms with E-state index in [1.807, 2.05) is 18.2 Å². The Bertz CT molecular complexity index is 471. The van der Waals surface area contributed by atoms with E-state index in [9.17, 15) is 4.79 Å². The van der Waals surface area contributed by atoms with Gasteiger partial charge in [-0.25, -0.2) is 4.79 Å². The fraction of sp³-hybridized carbons (Fsp3) is 0.0769. The van der Waals surface area contributed by atoms with Crippen molar-refractivity contribution < 1.29 is 9.53 Å². The van der Waals surface area contributed by atoms with Gasteiger partial charge >= 0.3 is 6.09 Å². The molecule has 0 radical (unpaired) electrons. The summed E-state index contributed by atoms with van der Waals surface area (Å²) in [7, 11) is 0. The Morgan fingerprint density at radius 3 is 2.53 bits per heavy atom. The molecule has 1 heterocycles. The van der Waals surface area contributed by atoms with Crippen LogP contribution in [0.15, 0.2) is 54.9 Å². The quantitative estimate of drug-likeness (QED) is 0.878. The summed E-state index contributed by atoms with van der Waals surface area (Å²) in [5, 5.41) is 2.64. The molecule has 0 atom stereocenters. The Morgan fingerprint density at radius 2 is 1.82 bits per heavy atom. The van der Waals surface area contributed by atoms with Crippen LogP contribution in [0.4, 0.5) is 10.5 Å². The zero-order valence-electron chi connectivity index (χ0n) is 9.17. The van der Waals surface area contributed by atoms with Crippen molar-refractivity contribution in [3.63, 3.8) is 0 Å². The van der Waals surface area contributed by atoms with Crippen LogP contribution >= 0.6 is 0 Å². The second kappa shape index (κ2) is 5.65. The number of carbonyl (C=O) groups excluding carboxylic acids is 1. The van der Waals surface area contributed by atoms with Crippen LogP contribution < -0.4 is 5.32 Å². The van der Waals surface area contributed by atoms with Crippen LogP contribution in [0.2, 0.25) is 0 Å². The molecule has 0 aliphatic carbocycles. The van der Waals surface area contributed by atoms with E-state index in [1.165, 1.54) is 0 Å². The number of nitrogens with one attached hydrogen (secondary N) is 1. The van der Waals surface area contributed by atoms with Crippen molar-refractivity contribution >= 4 is 11.8 Å². The highest BCUT2D eigenvalue weighted by molar-refractivity contribution is 5.84.